The second kappa shape index (κ2) is 6.87. The van der Waals surface area contributed by atoms with Gasteiger partial charge in [0, 0.05) is 24.8 Å². The van der Waals surface area contributed by atoms with Crippen molar-refractivity contribution in [2.75, 3.05) is 18.1 Å². The maximum absolute atomic E-state index is 9.31. The highest BCUT2D eigenvalue weighted by Gasteiger charge is 2.22. The van der Waals surface area contributed by atoms with Gasteiger partial charge in [-0.25, -0.2) is 4.98 Å². The summed E-state index contributed by atoms with van der Waals surface area (Å²) in [5.41, 5.74) is 7.04. The Bertz CT molecular complexity index is 389. The van der Waals surface area contributed by atoms with E-state index in [4.69, 9.17) is 5.73 Å². The molecule has 0 saturated heterocycles. The number of pyridine rings is 1. The average Bonchev–Trinajstić information content (AvgIpc) is 2.46. The van der Waals surface area contributed by atoms with Crippen molar-refractivity contribution in [2.24, 2.45) is 5.73 Å². The minimum Gasteiger partial charge on any atom is -0.395 e. The second-order valence-electron chi connectivity index (χ2n) is 5.44. The van der Waals surface area contributed by atoms with E-state index in [0.29, 0.717) is 12.6 Å². The molecule has 1 fully saturated rings. The third kappa shape index (κ3) is 3.67. The number of hydrogen-bond donors (Lipinski definition) is 2. The summed E-state index contributed by atoms with van der Waals surface area (Å²) in [7, 11) is 0. The largest absolute Gasteiger partial charge is 0.395 e. The van der Waals surface area contributed by atoms with Crippen molar-refractivity contribution in [3.8, 4) is 0 Å². The van der Waals surface area contributed by atoms with Gasteiger partial charge in [-0.2, -0.15) is 0 Å². The zero-order valence-corrected chi connectivity index (χ0v) is 11.8. The Morgan fingerprint density at radius 2 is 2.16 bits per heavy atom. The lowest BCUT2D eigenvalue weighted by molar-refractivity contribution is 0.289. The SMILES string of the molecule is C[C@H](N)c1ccnc(N(CCO)C2CCCCC2)c1. The number of aliphatic hydroxyl groups excluding tert-OH is 1. The molecule has 0 bridgehead atoms. The van der Waals surface area contributed by atoms with Crippen molar-refractivity contribution in [3.05, 3.63) is 23.9 Å². The first-order valence-electron chi connectivity index (χ1n) is 7.31. The number of rotatable bonds is 5. The van der Waals surface area contributed by atoms with Gasteiger partial charge in [0.2, 0.25) is 0 Å². The number of aromatic nitrogens is 1. The lowest BCUT2D eigenvalue weighted by Crippen LogP contribution is -2.39. The van der Waals surface area contributed by atoms with Gasteiger partial charge in [0.25, 0.3) is 0 Å². The van der Waals surface area contributed by atoms with Gasteiger partial charge < -0.3 is 15.7 Å². The molecule has 19 heavy (non-hydrogen) atoms. The normalized spacial score (nSPS) is 18.3. The van der Waals surface area contributed by atoms with Crippen LogP contribution < -0.4 is 10.6 Å². The van der Waals surface area contributed by atoms with E-state index < -0.39 is 0 Å². The van der Waals surface area contributed by atoms with Gasteiger partial charge in [-0.1, -0.05) is 19.3 Å². The zero-order valence-electron chi connectivity index (χ0n) is 11.8. The summed E-state index contributed by atoms with van der Waals surface area (Å²) in [5.74, 6) is 0.954. The van der Waals surface area contributed by atoms with E-state index in [1.165, 1.54) is 32.1 Å². The quantitative estimate of drug-likeness (QED) is 0.855. The molecule has 4 nitrogen and oxygen atoms in total. The van der Waals surface area contributed by atoms with Crippen LogP contribution in [0.5, 0.6) is 0 Å². The highest BCUT2D eigenvalue weighted by atomic mass is 16.3. The fourth-order valence-corrected chi connectivity index (χ4v) is 2.86. The first kappa shape index (κ1) is 14.3. The lowest BCUT2D eigenvalue weighted by atomic mass is 9.94. The second-order valence-corrected chi connectivity index (χ2v) is 5.44. The van der Waals surface area contributed by atoms with E-state index in [9.17, 15) is 5.11 Å². The smallest absolute Gasteiger partial charge is 0.129 e. The van der Waals surface area contributed by atoms with E-state index in [1.807, 2.05) is 19.2 Å². The Morgan fingerprint density at radius 1 is 1.42 bits per heavy atom. The van der Waals surface area contributed by atoms with Crippen LogP contribution in [0.1, 0.15) is 50.6 Å². The van der Waals surface area contributed by atoms with Gasteiger partial charge in [0.05, 0.1) is 6.61 Å². The molecule has 1 atom stereocenters. The van der Waals surface area contributed by atoms with Crippen LogP contribution in [0.25, 0.3) is 0 Å². The van der Waals surface area contributed by atoms with Crippen LogP contribution in [0.3, 0.4) is 0 Å². The number of anilines is 1. The summed E-state index contributed by atoms with van der Waals surface area (Å²) in [6.07, 6.45) is 8.10. The summed E-state index contributed by atoms with van der Waals surface area (Å²) >= 11 is 0. The molecule has 1 saturated carbocycles. The molecular weight excluding hydrogens is 238 g/mol. The monoisotopic (exact) mass is 263 g/mol. The highest BCUT2D eigenvalue weighted by Crippen LogP contribution is 2.27. The molecule has 0 spiro atoms. The predicted octanol–water partition coefficient (Wildman–Crippen LogP) is 2.23. The summed E-state index contributed by atoms with van der Waals surface area (Å²) in [6, 6.07) is 4.56. The third-order valence-corrected chi connectivity index (χ3v) is 3.95. The minimum absolute atomic E-state index is 0.0177. The molecular formula is C15H25N3O. The Hall–Kier alpha value is -1.13. The van der Waals surface area contributed by atoms with Gasteiger partial charge in [-0.3, -0.25) is 0 Å². The van der Waals surface area contributed by atoms with Crippen LogP contribution in [-0.4, -0.2) is 29.3 Å². The Kier molecular flexibility index (Phi) is 5.16. The van der Waals surface area contributed by atoms with Gasteiger partial charge in [-0.05, 0) is 37.5 Å². The number of nitrogens with two attached hydrogens (primary N) is 1. The van der Waals surface area contributed by atoms with Crippen molar-refractivity contribution >= 4 is 5.82 Å². The number of aliphatic hydroxyl groups is 1. The Balaban J connectivity index is 2.19. The molecule has 0 unspecified atom stereocenters. The first-order chi connectivity index (χ1) is 9.22. The molecule has 1 aliphatic carbocycles. The van der Waals surface area contributed by atoms with Crippen molar-refractivity contribution in [1.29, 1.82) is 0 Å². The molecule has 0 amide bonds. The van der Waals surface area contributed by atoms with Crippen LogP contribution >= 0.6 is 0 Å². The van der Waals surface area contributed by atoms with Crippen molar-refractivity contribution in [2.45, 2.75) is 51.1 Å². The van der Waals surface area contributed by atoms with Crippen molar-refractivity contribution in [1.82, 2.24) is 4.98 Å². The summed E-state index contributed by atoms with van der Waals surface area (Å²) in [6.45, 7) is 2.80. The molecule has 1 aliphatic rings. The summed E-state index contributed by atoms with van der Waals surface area (Å²) < 4.78 is 0. The van der Waals surface area contributed by atoms with Crippen LogP contribution in [0.4, 0.5) is 5.82 Å². The number of nitrogens with zero attached hydrogens (tertiary/aromatic N) is 2. The number of hydrogen-bond acceptors (Lipinski definition) is 4. The molecule has 4 heteroatoms. The fraction of sp³-hybridized carbons (Fsp3) is 0.667. The van der Waals surface area contributed by atoms with E-state index in [-0.39, 0.29) is 12.6 Å². The summed E-state index contributed by atoms with van der Waals surface area (Å²) in [5, 5.41) is 9.31. The predicted molar refractivity (Wildman–Crippen MR) is 78.1 cm³/mol. The van der Waals surface area contributed by atoms with Gasteiger partial charge in [0.15, 0.2) is 0 Å². The standard InChI is InChI=1S/C15H25N3O/c1-12(16)13-7-8-17-15(11-13)18(9-10-19)14-5-3-2-4-6-14/h7-8,11-12,14,19H,2-6,9-10,16H2,1H3/t12-/m0/s1. The third-order valence-electron chi connectivity index (χ3n) is 3.95. The van der Waals surface area contributed by atoms with Crippen LogP contribution in [0.15, 0.2) is 18.3 Å². The van der Waals surface area contributed by atoms with Gasteiger partial charge in [-0.15, -0.1) is 0 Å². The molecule has 1 aromatic rings. The maximum atomic E-state index is 9.31. The highest BCUT2D eigenvalue weighted by molar-refractivity contribution is 5.43. The van der Waals surface area contributed by atoms with Gasteiger partial charge >= 0.3 is 0 Å². The average molecular weight is 263 g/mol. The molecule has 1 heterocycles. The minimum atomic E-state index is 0.0177. The summed E-state index contributed by atoms with van der Waals surface area (Å²) in [4.78, 5) is 6.73. The molecule has 106 valence electrons. The van der Waals surface area contributed by atoms with E-state index >= 15 is 0 Å². The first-order valence-corrected chi connectivity index (χ1v) is 7.31. The van der Waals surface area contributed by atoms with Crippen LogP contribution in [0.2, 0.25) is 0 Å². The van der Waals surface area contributed by atoms with Crippen LogP contribution in [0, 0.1) is 0 Å². The molecule has 2 rings (SSSR count). The van der Waals surface area contributed by atoms with Crippen molar-refractivity contribution in [3.63, 3.8) is 0 Å². The van der Waals surface area contributed by atoms with E-state index in [1.54, 1.807) is 0 Å². The van der Waals surface area contributed by atoms with E-state index in [2.05, 4.69) is 16.0 Å². The molecule has 0 aliphatic heterocycles. The molecule has 3 N–H and O–H groups in total. The lowest BCUT2D eigenvalue weighted by Gasteiger charge is -2.35. The maximum Gasteiger partial charge on any atom is 0.129 e. The molecule has 0 radical (unpaired) electrons. The van der Waals surface area contributed by atoms with E-state index in [0.717, 1.165) is 11.4 Å². The molecule has 1 aromatic heterocycles. The fourth-order valence-electron chi connectivity index (χ4n) is 2.86. The molecule has 0 aromatic carbocycles. The topological polar surface area (TPSA) is 62.4 Å². The Labute approximate surface area is 115 Å². The zero-order chi connectivity index (χ0) is 13.7. The Morgan fingerprint density at radius 3 is 2.79 bits per heavy atom. The van der Waals surface area contributed by atoms with Gasteiger partial charge in [0.1, 0.15) is 5.82 Å². The van der Waals surface area contributed by atoms with Crippen LogP contribution in [-0.2, 0) is 0 Å². The van der Waals surface area contributed by atoms with Crippen molar-refractivity contribution < 1.29 is 5.11 Å².